The smallest absolute Gasteiger partial charge is 0.151 e. The summed E-state index contributed by atoms with van der Waals surface area (Å²) >= 11 is 0. The monoisotopic (exact) mass is 726 g/mol. The van der Waals surface area contributed by atoms with E-state index in [4.69, 9.17) is 9.47 Å². The molecule has 0 bridgehead atoms. The number of aromatic nitrogens is 6. The number of hydrogen-bond donors (Lipinski definition) is 0. The summed E-state index contributed by atoms with van der Waals surface area (Å²) in [6.45, 7) is 0. The Bertz CT molecular complexity index is 2630. The van der Waals surface area contributed by atoms with E-state index < -0.39 is 0 Å². The SMILES string of the molecule is c1ccc2c(c1)Oc1ccccc1N2c1ccccc1-n1cc(-c2ccc(-c3cn(-c4ccccc4N4c5ccccc5Oc5ccccc54)nn3)cc2)nn1. The molecular weight excluding hydrogens is 697 g/mol. The van der Waals surface area contributed by atoms with Crippen molar-refractivity contribution in [1.29, 1.82) is 0 Å². The van der Waals surface area contributed by atoms with Crippen LogP contribution in [-0.2, 0) is 0 Å². The van der Waals surface area contributed by atoms with Gasteiger partial charge in [-0.1, -0.05) is 107 Å². The Morgan fingerprint density at radius 2 is 0.589 bits per heavy atom. The van der Waals surface area contributed by atoms with Crippen molar-refractivity contribution in [3.05, 3.63) is 182 Å². The third-order valence-corrected chi connectivity index (χ3v) is 10.1. The highest BCUT2D eigenvalue weighted by Gasteiger charge is 2.29. The molecule has 2 aliphatic rings. The summed E-state index contributed by atoms with van der Waals surface area (Å²) in [7, 11) is 0. The molecule has 0 saturated heterocycles. The van der Waals surface area contributed by atoms with E-state index in [1.54, 1.807) is 0 Å². The Morgan fingerprint density at radius 3 is 0.929 bits per heavy atom. The van der Waals surface area contributed by atoms with Crippen LogP contribution in [0.1, 0.15) is 0 Å². The van der Waals surface area contributed by atoms with Gasteiger partial charge in [-0.3, -0.25) is 0 Å². The van der Waals surface area contributed by atoms with E-state index in [2.05, 4.69) is 79.0 Å². The summed E-state index contributed by atoms with van der Waals surface area (Å²) in [5.41, 5.74) is 10.8. The third-order valence-electron chi connectivity index (χ3n) is 10.1. The fourth-order valence-corrected chi connectivity index (χ4v) is 7.46. The molecule has 2 aromatic heterocycles. The molecule has 0 spiro atoms. The maximum absolute atomic E-state index is 6.26. The summed E-state index contributed by atoms with van der Waals surface area (Å²) < 4.78 is 16.2. The van der Waals surface area contributed by atoms with Crippen molar-refractivity contribution in [2.45, 2.75) is 0 Å². The highest BCUT2D eigenvalue weighted by Crippen LogP contribution is 2.52. The average molecular weight is 727 g/mol. The van der Waals surface area contributed by atoms with Crippen molar-refractivity contribution in [2.75, 3.05) is 9.80 Å². The fourth-order valence-electron chi connectivity index (χ4n) is 7.46. The van der Waals surface area contributed by atoms with Crippen molar-refractivity contribution in [3.63, 3.8) is 0 Å². The second kappa shape index (κ2) is 12.9. The zero-order valence-electron chi connectivity index (χ0n) is 29.7. The van der Waals surface area contributed by atoms with Crippen LogP contribution in [0.25, 0.3) is 33.9 Å². The molecule has 266 valence electrons. The highest BCUT2D eigenvalue weighted by molar-refractivity contribution is 5.90. The normalized spacial score (nSPS) is 12.5. The molecule has 0 atom stereocenters. The number of anilines is 6. The molecule has 56 heavy (non-hydrogen) atoms. The zero-order chi connectivity index (χ0) is 37.0. The molecular formula is C46H30N8O2. The lowest BCUT2D eigenvalue weighted by Gasteiger charge is -2.33. The van der Waals surface area contributed by atoms with E-state index >= 15 is 0 Å². The van der Waals surface area contributed by atoms with Crippen molar-refractivity contribution >= 4 is 34.1 Å². The molecule has 0 N–H and O–H groups in total. The summed E-state index contributed by atoms with van der Waals surface area (Å²) in [6, 6.07) is 56.8. The van der Waals surface area contributed by atoms with E-state index in [1.807, 2.05) is 143 Å². The van der Waals surface area contributed by atoms with Crippen LogP contribution in [-0.4, -0.2) is 30.0 Å². The number of para-hydroxylation sites is 12. The summed E-state index contributed by atoms with van der Waals surface area (Å²) in [5, 5.41) is 18.4. The Hall–Kier alpha value is -7.98. The topological polar surface area (TPSA) is 86.4 Å². The molecule has 11 rings (SSSR count). The van der Waals surface area contributed by atoms with Gasteiger partial charge in [-0.05, 0) is 72.8 Å². The van der Waals surface area contributed by atoms with Gasteiger partial charge in [0.25, 0.3) is 0 Å². The molecule has 0 saturated carbocycles. The van der Waals surface area contributed by atoms with Gasteiger partial charge in [-0.15, -0.1) is 10.2 Å². The van der Waals surface area contributed by atoms with Gasteiger partial charge in [-0.2, -0.15) is 0 Å². The van der Waals surface area contributed by atoms with E-state index in [-0.39, 0.29) is 0 Å². The Morgan fingerprint density at radius 1 is 0.304 bits per heavy atom. The standard InChI is InChI=1S/C46H30N8O2/c1-3-15-37(53-39-17-5-9-21-43(39)55-44-22-10-6-18-40(44)53)35(13-1)51-29-33(47-49-51)31-25-27-32(28-26-31)34-30-52(50-48-34)36-14-2-4-16-38(36)54-41-19-7-11-23-45(41)56-46-24-12-8-20-42(46)54/h1-30H. The number of hydrogen-bond acceptors (Lipinski definition) is 8. The molecule has 0 amide bonds. The van der Waals surface area contributed by atoms with Crippen molar-refractivity contribution in [1.82, 2.24) is 30.0 Å². The van der Waals surface area contributed by atoms with Gasteiger partial charge in [0.05, 0.1) is 57.9 Å². The first kappa shape index (κ1) is 31.5. The van der Waals surface area contributed by atoms with E-state index in [0.717, 1.165) is 91.0 Å². The van der Waals surface area contributed by atoms with Crippen LogP contribution in [0.15, 0.2) is 182 Å². The minimum Gasteiger partial charge on any atom is -0.453 e. The average Bonchev–Trinajstić information content (AvgIpc) is 3.97. The van der Waals surface area contributed by atoms with Crippen LogP contribution in [0.4, 0.5) is 34.1 Å². The highest BCUT2D eigenvalue weighted by atomic mass is 16.5. The van der Waals surface area contributed by atoms with Gasteiger partial charge in [-0.25, -0.2) is 9.36 Å². The van der Waals surface area contributed by atoms with Crippen molar-refractivity contribution in [3.8, 4) is 56.9 Å². The molecule has 7 aromatic carbocycles. The van der Waals surface area contributed by atoms with Gasteiger partial charge in [0, 0.05) is 11.1 Å². The zero-order valence-corrected chi connectivity index (χ0v) is 29.7. The third kappa shape index (κ3) is 5.19. The summed E-state index contributed by atoms with van der Waals surface area (Å²) in [5.74, 6) is 3.16. The number of ether oxygens (including phenoxy) is 2. The van der Waals surface area contributed by atoms with Crippen LogP contribution < -0.4 is 19.3 Å². The first-order chi connectivity index (χ1) is 27.8. The fraction of sp³-hybridized carbons (Fsp3) is 0. The Labute approximate surface area is 321 Å². The first-order valence-electron chi connectivity index (χ1n) is 18.2. The minimum absolute atomic E-state index is 0.748. The van der Waals surface area contributed by atoms with Crippen molar-refractivity contribution in [2.24, 2.45) is 0 Å². The largest absolute Gasteiger partial charge is 0.453 e. The lowest BCUT2D eigenvalue weighted by atomic mass is 10.1. The summed E-state index contributed by atoms with van der Waals surface area (Å²) in [4.78, 5) is 4.42. The molecule has 0 unspecified atom stereocenters. The number of fused-ring (bicyclic) bond motifs is 4. The Kier molecular flexibility index (Phi) is 7.24. The molecule has 9 aromatic rings. The molecule has 2 aliphatic heterocycles. The van der Waals surface area contributed by atoms with E-state index in [9.17, 15) is 0 Å². The summed E-state index contributed by atoms with van der Waals surface area (Å²) in [6.07, 6.45) is 3.92. The van der Waals surface area contributed by atoms with Crippen LogP contribution >= 0.6 is 0 Å². The van der Waals surface area contributed by atoms with Crippen LogP contribution in [0.3, 0.4) is 0 Å². The van der Waals surface area contributed by atoms with Crippen LogP contribution in [0.2, 0.25) is 0 Å². The van der Waals surface area contributed by atoms with E-state index in [0.29, 0.717) is 0 Å². The van der Waals surface area contributed by atoms with Gasteiger partial charge in [0.2, 0.25) is 0 Å². The van der Waals surface area contributed by atoms with Gasteiger partial charge >= 0.3 is 0 Å². The lowest BCUT2D eigenvalue weighted by Crippen LogP contribution is -2.17. The number of nitrogens with zero attached hydrogens (tertiary/aromatic N) is 8. The molecule has 0 fully saturated rings. The Balaban J connectivity index is 0.896. The maximum Gasteiger partial charge on any atom is 0.151 e. The van der Waals surface area contributed by atoms with Crippen LogP contribution in [0, 0.1) is 0 Å². The second-order valence-electron chi connectivity index (χ2n) is 13.4. The number of rotatable bonds is 6. The predicted molar refractivity (Wildman–Crippen MR) is 217 cm³/mol. The van der Waals surface area contributed by atoms with Crippen molar-refractivity contribution < 1.29 is 9.47 Å². The molecule has 0 radical (unpaired) electrons. The van der Waals surface area contributed by atoms with E-state index in [1.165, 1.54) is 0 Å². The molecule has 10 heteroatoms. The first-order valence-corrected chi connectivity index (χ1v) is 18.2. The van der Waals surface area contributed by atoms with Gasteiger partial charge in [0.1, 0.15) is 11.4 Å². The predicted octanol–water partition coefficient (Wildman–Crippen LogP) is 11.3. The minimum atomic E-state index is 0.748. The maximum atomic E-state index is 6.26. The lowest BCUT2D eigenvalue weighted by molar-refractivity contribution is 0.476. The number of benzene rings is 7. The molecule has 10 nitrogen and oxygen atoms in total. The molecule has 0 aliphatic carbocycles. The van der Waals surface area contributed by atoms with Gasteiger partial charge in [0.15, 0.2) is 23.0 Å². The molecule has 4 heterocycles. The van der Waals surface area contributed by atoms with Gasteiger partial charge < -0.3 is 19.3 Å². The van der Waals surface area contributed by atoms with Crippen LogP contribution in [0.5, 0.6) is 23.0 Å². The quantitative estimate of drug-likeness (QED) is 0.167. The second-order valence-corrected chi connectivity index (χ2v) is 13.4.